The van der Waals surface area contributed by atoms with Crippen molar-refractivity contribution in [2.24, 2.45) is 5.92 Å². The third-order valence-corrected chi connectivity index (χ3v) is 6.32. The molecule has 1 aromatic heterocycles. The Morgan fingerprint density at radius 3 is 2.86 bits per heavy atom. The fraction of sp³-hybridized carbons (Fsp3) is 0.500. The van der Waals surface area contributed by atoms with Gasteiger partial charge < -0.3 is 19.1 Å². The average molecular weight is 411 g/mol. The summed E-state index contributed by atoms with van der Waals surface area (Å²) in [4.78, 5) is 22.6. The number of rotatable bonds is 7. The molecule has 1 N–H and O–H groups in total. The SMILES string of the molecule is COC[C@@]12COC(C(n3ccc4ccccc4c3=O)O1)[C@H]2COP(=O)(O)OC. The molecule has 28 heavy (non-hydrogen) atoms. The topological polar surface area (TPSA) is 105 Å². The van der Waals surface area contributed by atoms with Crippen LogP contribution in [-0.4, -0.2) is 55.2 Å². The molecule has 3 unspecified atom stereocenters. The third-order valence-electron chi connectivity index (χ3n) is 5.38. The van der Waals surface area contributed by atoms with Gasteiger partial charge in [-0.25, -0.2) is 4.57 Å². The Bertz CT molecular complexity index is 977. The lowest BCUT2D eigenvalue weighted by atomic mass is 9.90. The number of benzene rings is 1. The number of pyridine rings is 1. The van der Waals surface area contributed by atoms with Crippen molar-refractivity contribution in [3.05, 3.63) is 46.9 Å². The molecule has 2 fully saturated rings. The van der Waals surface area contributed by atoms with E-state index in [1.165, 1.54) is 11.7 Å². The van der Waals surface area contributed by atoms with E-state index in [1.54, 1.807) is 18.3 Å². The summed E-state index contributed by atoms with van der Waals surface area (Å²) in [6, 6.07) is 9.14. The fourth-order valence-electron chi connectivity index (χ4n) is 3.99. The molecule has 1 aromatic carbocycles. The summed E-state index contributed by atoms with van der Waals surface area (Å²) >= 11 is 0. The zero-order chi connectivity index (χ0) is 19.9. The highest BCUT2D eigenvalue weighted by Gasteiger charge is 2.62. The molecule has 2 saturated heterocycles. The Hall–Kier alpha value is -1.58. The van der Waals surface area contributed by atoms with E-state index >= 15 is 0 Å². The number of hydrogen-bond donors (Lipinski definition) is 1. The van der Waals surface area contributed by atoms with Gasteiger partial charge in [0.05, 0.1) is 19.8 Å². The monoisotopic (exact) mass is 411 g/mol. The van der Waals surface area contributed by atoms with Crippen LogP contribution in [0.1, 0.15) is 6.23 Å². The molecular formula is C18H22NO8P. The second-order valence-electron chi connectivity index (χ2n) is 6.95. The maximum atomic E-state index is 13.0. The Kier molecular flexibility index (Phi) is 5.18. The van der Waals surface area contributed by atoms with Crippen LogP contribution < -0.4 is 5.56 Å². The van der Waals surface area contributed by atoms with Crippen molar-refractivity contribution < 1.29 is 32.7 Å². The summed E-state index contributed by atoms with van der Waals surface area (Å²) in [5, 5.41) is 1.41. The minimum atomic E-state index is -4.15. The molecular weight excluding hydrogens is 389 g/mol. The molecule has 2 bridgehead atoms. The summed E-state index contributed by atoms with van der Waals surface area (Å²) in [5.74, 6) is -0.411. The van der Waals surface area contributed by atoms with E-state index in [1.807, 2.05) is 18.2 Å². The van der Waals surface area contributed by atoms with Crippen LogP contribution in [0.5, 0.6) is 0 Å². The predicted molar refractivity (Wildman–Crippen MR) is 99.0 cm³/mol. The number of methoxy groups -OCH3 is 1. The van der Waals surface area contributed by atoms with E-state index in [9.17, 15) is 14.3 Å². The van der Waals surface area contributed by atoms with Crippen molar-refractivity contribution in [1.82, 2.24) is 4.57 Å². The van der Waals surface area contributed by atoms with Crippen molar-refractivity contribution in [3.8, 4) is 0 Å². The molecule has 4 rings (SSSR count). The molecule has 5 atom stereocenters. The smallest absolute Gasteiger partial charge is 0.382 e. The fourth-order valence-corrected chi connectivity index (χ4v) is 4.45. The first-order chi connectivity index (χ1) is 13.4. The number of nitrogens with zero attached hydrogens (tertiary/aromatic N) is 1. The summed E-state index contributed by atoms with van der Waals surface area (Å²) < 4.78 is 40.2. The molecule has 10 heteroatoms. The quantitative estimate of drug-likeness (QED) is 0.687. The van der Waals surface area contributed by atoms with Crippen LogP contribution in [0.3, 0.4) is 0 Å². The number of fused-ring (bicyclic) bond motifs is 3. The summed E-state index contributed by atoms with van der Waals surface area (Å²) in [6.45, 7) is 0.300. The number of ether oxygens (including phenoxy) is 3. The second kappa shape index (κ2) is 7.35. The van der Waals surface area contributed by atoms with Crippen LogP contribution in [0.15, 0.2) is 41.3 Å². The van der Waals surface area contributed by atoms with Crippen molar-refractivity contribution in [3.63, 3.8) is 0 Å². The number of hydrogen-bond acceptors (Lipinski definition) is 7. The first kappa shape index (κ1) is 19.7. The van der Waals surface area contributed by atoms with Crippen LogP contribution in [0.25, 0.3) is 10.8 Å². The van der Waals surface area contributed by atoms with Crippen LogP contribution in [0.2, 0.25) is 0 Å². The Labute approximate surface area is 161 Å². The van der Waals surface area contributed by atoms with Gasteiger partial charge in [-0.1, -0.05) is 18.2 Å². The molecule has 2 aliphatic heterocycles. The maximum absolute atomic E-state index is 13.0. The van der Waals surface area contributed by atoms with E-state index in [0.717, 1.165) is 12.5 Å². The van der Waals surface area contributed by atoms with Gasteiger partial charge in [0.2, 0.25) is 0 Å². The lowest BCUT2D eigenvalue weighted by molar-refractivity contribution is -0.189. The van der Waals surface area contributed by atoms with E-state index in [2.05, 4.69) is 4.52 Å². The highest BCUT2D eigenvalue weighted by atomic mass is 31.2. The first-order valence-electron chi connectivity index (χ1n) is 8.82. The molecule has 3 heterocycles. The van der Waals surface area contributed by atoms with Gasteiger partial charge in [0, 0.05) is 31.7 Å². The standard InChI is InChI=1S/C18H22NO8P/c1-23-10-18-11-25-15(14(18)9-26-28(21,22)24-2)17(27-18)19-8-7-12-5-3-4-6-13(12)16(19)20/h3-8,14-15,17H,9-11H2,1-2H3,(H,21,22)/t14-,15?,17?,18+/m1/s1. The van der Waals surface area contributed by atoms with Crippen LogP contribution in [-0.2, 0) is 27.8 Å². The van der Waals surface area contributed by atoms with E-state index < -0.39 is 31.7 Å². The van der Waals surface area contributed by atoms with E-state index in [-0.39, 0.29) is 25.4 Å². The summed E-state index contributed by atoms with van der Waals surface area (Å²) in [7, 11) is -1.52. The highest BCUT2D eigenvalue weighted by molar-refractivity contribution is 7.47. The Balaban J connectivity index is 1.68. The van der Waals surface area contributed by atoms with E-state index in [4.69, 9.17) is 18.7 Å². The van der Waals surface area contributed by atoms with Gasteiger partial charge >= 0.3 is 7.82 Å². The van der Waals surface area contributed by atoms with Gasteiger partial charge in [0.25, 0.3) is 5.56 Å². The lowest BCUT2D eigenvalue weighted by Gasteiger charge is -2.31. The minimum Gasteiger partial charge on any atom is -0.382 e. The summed E-state index contributed by atoms with van der Waals surface area (Å²) in [5.41, 5.74) is -1.08. The van der Waals surface area contributed by atoms with Gasteiger partial charge in [0.1, 0.15) is 11.7 Å². The Morgan fingerprint density at radius 2 is 2.11 bits per heavy atom. The average Bonchev–Trinajstić information content (AvgIpc) is 3.19. The molecule has 0 amide bonds. The van der Waals surface area contributed by atoms with Crippen molar-refractivity contribution in [2.75, 3.05) is 34.0 Å². The van der Waals surface area contributed by atoms with Crippen LogP contribution >= 0.6 is 7.82 Å². The normalized spacial score (nSPS) is 31.3. The molecule has 2 aromatic rings. The predicted octanol–water partition coefficient (Wildman–Crippen LogP) is 1.69. The highest BCUT2D eigenvalue weighted by Crippen LogP contribution is 2.51. The first-order valence-corrected chi connectivity index (χ1v) is 10.3. The lowest BCUT2D eigenvalue weighted by Crippen LogP contribution is -2.44. The zero-order valence-corrected chi connectivity index (χ0v) is 16.4. The number of aromatic nitrogens is 1. The van der Waals surface area contributed by atoms with E-state index in [0.29, 0.717) is 5.39 Å². The van der Waals surface area contributed by atoms with Gasteiger partial charge in [-0.3, -0.25) is 18.4 Å². The molecule has 152 valence electrons. The minimum absolute atomic E-state index is 0.130. The van der Waals surface area contributed by atoms with Gasteiger partial charge in [-0.15, -0.1) is 0 Å². The number of phosphoric ester groups is 1. The van der Waals surface area contributed by atoms with Crippen LogP contribution in [0.4, 0.5) is 0 Å². The zero-order valence-electron chi connectivity index (χ0n) is 15.5. The Morgan fingerprint density at radius 1 is 1.32 bits per heavy atom. The molecule has 9 nitrogen and oxygen atoms in total. The van der Waals surface area contributed by atoms with Gasteiger partial charge in [-0.05, 0) is 17.5 Å². The molecule has 0 saturated carbocycles. The summed E-state index contributed by atoms with van der Waals surface area (Å²) in [6.07, 6.45) is 0.435. The van der Waals surface area contributed by atoms with Crippen molar-refractivity contribution >= 4 is 18.6 Å². The number of phosphoric acid groups is 1. The van der Waals surface area contributed by atoms with Crippen molar-refractivity contribution in [1.29, 1.82) is 0 Å². The van der Waals surface area contributed by atoms with Crippen LogP contribution in [0, 0.1) is 5.92 Å². The molecule has 2 aliphatic rings. The molecule has 0 spiro atoms. The van der Waals surface area contributed by atoms with Gasteiger partial charge in [0.15, 0.2) is 6.23 Å². The third kappa shape index (κ3) is 3.23. The van der Waals surface area contributed by atoms with Crippen molar-refractivity contribution in [2.45, 2.75) is 17.9 Å². The maximum Gasteiger partial charge on any atom is 0.471 e. The van der Waals surface area contributed by atoms with Gasteiger partial charge in [-0.2, -0.15) is 0 Å². The largest absolute Gasteiger partial charge is 0.471 e. The molecule has 0 radical (unpaired) electrons. The molecule has 0 aliphatic carbocycles. The second-order valence-corrected chi connectivity index (χ2v) is 8.51.